The van der Waals surface area contributed by atoms with Crippen LogP contribution in [0.15, 0.2) is 12.2 Å². The van der Waals surface area contributed by atoms with Crippen LogP contribution in [0.25, 0.3) is 0 Å². The highest BCUT2D eigenvalue weighted by molar-refractivity contribution is 5.69. The lowest BCUT2D eigenvalue weighted by molar-refractivity contribution is -0.147. The molecule has 0 fully saturated rings. The van der Waals surface area contributed by atoms with Crippen molar-refractivity contribution in [1.82, 2.24) is 0 Å². The molecule has 0 aromatic carbocycles. The van der Waals surface area contributed by atoms with E-state index in [0.717, 1.165) is 51.4 Å². The van der Waals surface area contributed by atoms with Crippen LogP contribution >= 0.6 is 0 Å². The molecular formula is C32H60O4. The molecular weight excluding hydrogens is 448 g/mol. The van der Waals surface area contributed by atoms with E-state index < -0.39 is 5.97 Å². The molecule has 0 aliphatic heterocycles. The molecule has 212 valence electrons. The number of ether oxygens (including phenoxy) is 1. The van der Waals surface area contributed by atoms with Gasteiger partial charge in [0.05, 0.1) is 0 Å². The van der Waals surface area contributed by atoms with Crippen molar-refractivity contribution in [2.24, 2.45) is 0 Å². The number of carboxylic acids is 1. The van der Waals surface area contributed by atoms with Crippen molar-refractivity contribution in [3.63, 3.8) is 0 Å². The van der Waals surface area contributed by atoms with Crippen LogP contribution in [-0.2, 0) is 14.3 Å². The largest absolute Gasteiger partial charge is 0.481 e. The summed E-state index contributed by atoms with van der Waals surface area (Å²) in [7, 11) is 0. The maximum atomic E-state index is 12.4. The number of allylic oxidation sites excluding steroid dienone is 1. The molecule has 0 saturated carbocycles. The first kappa shape index (κ1) is 34.7. The third kappa shape index (κ3) is 27.3. The number of rotatable bonds is 28. The summed E-state index contributed by atoms with van der Waals surface area (Å²) >= 11 is 0. The van der Waals surface area contributed by atoms with Crippen LogP contribution in [-0.4, -0.2) is 23.1 Å². The van der Waals surface area contributed by atoms with Crippen molar-refractivity contribution in [1.29, 1.82) is 0 Å². The van der Waals surface area contributed by atoms with E-state index in [9.17, 15) is 9.59 Å². The van der Waals surface area contributed by atoms with Gasteiger partial charge in [0.25, 0.3) is 0 Å². The van der Waals surface area contributed by atoms with Crippen LogP contribution in [0.3, 0.4) is 0 Å². The predicted octanol–water partition coefficient (Wildman–Crippen LogP) is 10.3. The van der Waals surface area contributed by atoms with Crippen molar-refractivity contribution in [3.05, 3.63) is 12.2 Å². The van der Waals surface area contributed by atoms with E-state index in [1.165, 1.54) is 96.3 Å². The van der Waals surface area contributed by atoms with Crippen LogP contribution < -0.4 is 0 Å². The molecule has 36 heavy (non-hydrogen) atoms. The number of hydrogen-bond donors (Lipinski definition) is 1. The van der Waals surface area contributed by atoms with Gasteiger partial charge in [-0.25, -0.2) is 0 Å². The predicted molar refractivity (Wildman–Crippen MR) is 153 cm³/mol. The van der Waals surface area contributed by atoms with Crippen LogP contribution in [0.5, 0.6) is 0 Å². The Hall–Kier alpha value is -1.32. The van der Waals surface area contributed by atoms with E-state index >= 15 is 0 Å². The minimum Gasteiger partial charge on any atom is -0.481 e. The molecule has 0 aliphatic rings. The Morgan fingerprint density at radius 2 is 1.06 bits per heavy atom. The third-order valence-corrected chi connectivity index (χ3v) is 6.97. The highest BCUT2D eigenvalue weighted by Gasteiger charge is 2.11. The second-order valence-electron chi connectivity index (χ2n) is 10.6. The summed E-state index contributed by atoms with van der Waals surface area (Å²) in [4.78, 5) is 23.1. The van der Waals surface area contributed by atoms with E-state index in [2.05, 4.69) is 26.0 Å². The Bertz CT molecular complexity index is 514. The summed E-state index contributed by atoms with van der Waals surface area (Å²) in [6, 6.07) is 0. The van der Waals surface area contributed by atoms with Crippen molar-refractivity contribution in [3.8, 4) is 0 Å². The fourth-order valence-electron chi connectivity index (χ4n) is 4.62. The first-order valence-corrected chi connectivity index (χ1v) is 15.7. The first-order valence-electron chi connectivity index (χ1n) is 15.7. The minimum atomic E-state index is -0.721. The van der Waals surface area contributed by atoms with Gasteiger partial charge in [-0.15, -0.1) is 0 Å². The van der Waals surface area contributed by atoms with Crippen LogP contribution in [0, 0.1) is 0 Å². The SMILES string of the molecule is CCCCCC/C=C\C(CCCCCCC(=O)O)OC(=O)CCCCCCCCCCCCCCC. The lowest BCUT2D eigenvalue weighted by Crippen LogP contribution is -2.16. The summed E-state index contributed by atoms with van der Waals surface area (Å²) in [5.41, 5.74) is 0. The molecule has 0 aliphatic carbocycles. The molecule has 0 rings (SSSR count). The molecule has 0 aromatic heterocycles. The molecule has 0 aromatic rings. The molecule has 0 radical (unpaired) electrons. The molecule has 0 bridgehead atoms. The topological polar surface area (TPSA) is 63.6 Å². The molecule has 1 atom stereocenters. The van der Waals surface area contributed by atoms with Crippen molar-refractivity contribution in [2.75, 3.05) is 0 Å². The fourth-order valence-corrected chi connectivity index (χ4v) is 4.62. The van der Waals surface area contributed by atoms with E-state index in [4.69, 9.17) is 9.84 Å². The van der Waals surface area contributed by atoms with Crippen molar-refractivity contribution in [2.45, 2.75) is 180 Å². The summed E-state index contributed by atoms with van der Waals surface area (Å²) in [6.45, 7) is 4.49. The Morgan fingerprint density at radius 1 is 0.611 bits per heavy atom. The number of aliphatic carboxylic acids is 1. The van der Waals surface area contributed by atoms with Crippen LogP contribution in [0.2, 0.25) is 0 Å². The van der Waals surface area contributed by atoms with Crippen molar-refractivity contribution < 1.29 is 19.4 Å². The molecule has 1 unspecified atom stereocenters. The van der Waals surface area contributed by atoms with Gasteiger partial charge in [-0.05, 0) is 44.6 Å². The zero-order chi connectivity index (χ0) is 26.5. The van der Waals surface area contributed by atoms with Gasteiger partial charge in [-0.2, -0.15) is 0 Å². The van der Waals surface area contributed by atoms with E-state index in [1.54, 1.807) is 0 Å². The number of esters is 1. The zero-order valence-corrected chi connectivity index (χ0v) is 24.1. The van der Waals surface area contributed by atoms with Gasteiger partial charge in [0.15, 0.2) is 0 Å². The second kappa shape index (κ2) is 28.3. The molecule has 1 N–H and O–H groups in total. The van der Waals surface area contributed by atoms with E-state index in [-0.39, 0.29) is 18.5 Å². The highest BCUT2D eigenvalue weighted by atomic mass is 16.5. The zero-order valence-electron chi connectivity index (χ0n) is 24.1. The summed E-state index contributed by atoms with van der Waals surface area (Å²) < 4.78 is 5.81. The average molecular weight is 509 g/mol. The molecule has 0 spiro atoms. The maximum Gasteiger partial charge on any atom is 0.306 e. The van der Waals surface area contributed by atoms with Gasteiger partial charge in [0.2, 0.25) is 0 Å². The lowest BCUT2D eigenvalue weighted by Gasteiger charge is -2.15. The Morgan fingerprint density at radius 3 is 1.58 bits per heavy atom. The molecule has 4 nitrogen and oxygen atoms in total. The number of unbranched alkanes of at least 4 members (excludes halogenated alkanes) is 19. The van der Waals surface area contributed by atoms with Gasteiger partial charge >= 0.3 is 11.9 Å². The molecule has 4 heteroatoms. The van der Waals surface area contributed by atoms with Gasteiger partial charge in [-0.3, -0.25) is 9.59 Å². The maximum absolute atomic E-state index is 12.4. The quantitative estimate of drug-likeness (QED) is 0.0648. The Balaban J connectivity index is 3.95. The lowest BCUT2D eigenvalue weighted by atomic mass is 10.0. The average Bonchev–Trinajstić information content (AvgIpc) is 2.85. The van der Waals surface area contributed by atoms with Gasteiger partial charge in [0.1, 0.15) is 6.10 Å². The Labute approximate surface area is 224 Å². The molecule has 0 saturated heterocycles. The number of carbonyl (C=O) groups is 2. The number of carbonyl (C=O) groups excluding carboxylic acids is 1. The normalized spacial score (nSPS) is 12.3. The Kier molecular flexibility index (Phi) is 27.2. The minimum absolute atomic E-state index is 0.0652. The highest BCUT2D eigenvalue weighted by Crippen LogP contribution is 2.15. The standard InChI is InChI=1S/C32H60O4/c1-3-5-7-9-11-12-13-14-15-16-17-19-25-29-32(35)36-30(26-22-18-10-8-6-4-2)27-23-20-21-24-28-31(33)34/h22,26,30H,3-21,23-25,27-29H2,1-2H3,(H,33,34)/b26-22-. The summed E-state index contributed by atoms with van der Waals surface area (Å²) in [6.07, 6.45) is 32.3. The van der Waals surface area contributed by atoms with Gasteiger partial charge in [-0.1, -0.05) is 129 Å². The van der Waals surface area contributed by atoms with Gasteiger partial charge < -0.3 is 9.84 Å². The van der Waals surface area contributed by atoms with Crippen molar-refractivity contribution >= 4 is 11.9 Å². The third-order valence-electron chi connectivity index (χ3n) is 6.97. The monoisotopic (exact) mass is 508 g/mol. The van der Waals surface area contributed by atoms with E-state index in [1.807, 2.05) is 0 Å². The summed E-state index contributed by atoms with van der Waals surface area (Å²) in [5, 5.41) is 8.76. The van der Waals surface area contributed by atoms with Crippen LogP contribution in [0.1, 0.15) is 174 Å². The van der Waals surface area contributed by atoms with Crippen LogP contribution in [0.4, 0.5) is 0 Å². The smallest absolute Gasteiger partial charge is 0.306 e. The fraction of sp³-hybridized carbons (Fsp3) is 0.875. The molecule has 0 heterocycles. The van der Waals surface area contributed by atoms with Gasteiger partial charge in [0, 0.05) is 12.8 Å². The molecule has 0 amide bonds. The van der Waals surface area contributed by atoms with E-state index in [0.29, 0.717) is 6.42 Å². The second-order valence-corrected chi connectivity index (χ2v) is 10.6. The summed E-state index contributed by atoms with van der Waals surface area (Å²) in [5.74, 6) is -0.787. The number of hydrogen-bond acceptors (Lipinski definition) is 3. The first-order chi connectivity index (χ1) is 17.6. The number of carboxylic acid groups (broad SMARTS) is 1.